The monoisotopic (exact) mass is 277 g/mol. The first-order valence-electron chi connectivity index (χ1n) is 7.19. The molecule has 0 radical (unpaired) electrons. The lowest BCUT2D eigenvalue weighted by molar-refractivity contribution is -0.125. The fourth-order valence-electron chi connectivity index (χ4n) is 2.53. The van der Waals surface area contributed by atoms with E-state index in [1.54, 1.807) is 0 Å². The molecule has 2 heteroatoms. The summed E-state index contributed by atoms with van der Waals surface area (Å²) in [7, 11) is 0. The molecule has 1 amide bonds. The van der Waals surface area contributed by atoms with E-state index in [-0.39, 0.29) is 5.91 Å². The Kier molecular flexibility index (Phi) is 3.17. The van der Waals surface area contributed by atoms with Crippen LogP contribution in [0, 0.1) is 5.41 Å². The minimum Gasteiger partial charge on any atom is -0.279 e. The largest absolute Gasteiger partial charge is 0.279 e. The minimum atomic E-state index is -0.440. The second-order valence-electron chi connectivity index (χ2n) is 6.34. The molecule has 2 aromatic carbocycles. The van der Waals surface area contributed by atoms with Crippen LogP contribution in [0.5, 0.6) is 0 Å². The van der Waals surface area contributed by atoms with E-state index >= 15 is 0 Å². The lowest BCUT2D eigenvalue weighted by Gasteiger charge is -2.30. The van der Waals surface area contributed by atoms with Gasteiger partial charge in [0.15, 0.2) is 0 Å². The number of rotatable bonds is 0. The first-order valence-corrected chi connectivity index (χ1v) is 7.19. The molecule has 21 heavy (non-hydrogen) atoms. The van der Waals surface area contributed by atoms with Gasteiger partial charge in [-0.15, -0.1) is 0 Å². The maximum atomic E-state index is 13.0. The summed E-state index contributed by atoms with van der Waals surface area (Å²) in [4.78, 5) is 14.8. The van der Waals surface area contributed by atoms with Crippen LogP contribution < -0.4 is 4.90 Å². The Labute approximate surface area is 125 Å². The zero-order chi connectivity index (χ0) is 15.0. The van der Waals surface area contributed by atoms with Crippen LogP contribution >= 0.6 is 0 Å². The molecule has 0 N–H and O–H groups in total. The molecule has 0 atom stereocenters. The molecule has 1 aliphatic rings. The Bertz CT molecular complexity index is 673. The van der Waals surface area contributed by atoms with Crippen molar-refractivity contribution in [2.24, 2.45) is 5.41 Å². The maximum Gasteiger partial charge on any atom is 0.236 e. The highest BCUT2D eigenvalue weighted by molar-refractivity contribution is 6.08. The third-order valence-electron chi connectivity index (χ3n) is 3.64. The van der Waals surface area contributed by atoms with Gasteiger partial charge in [-0.05, 0) is 23.3 Å². The predicted octanol–water partition coefficient (Wildman–Crippen LogP) is 4.88. The highest BCUT2D eigenvalue weighted by atomic mass is 16.2. The zero-order valence-corrected chi connectivity index (χ0v) is 12.6. The van der Waals surface area contributed by atoms with E-state index in [2.05, 4.69) is 12.2 Å². The van der Waals surface area contributed by atoms with Crippen molar-refractivity contribution in [3.8, 4) is 0 Å². The fourth-order valence-corrected chi connectivity index (χ4v) is 2.53. The summed E-state index contributed by atoms with van der Waals surface area (Å²) in [5.41, 5.74) is 3.57. The second-order valence-corrected chi connectivity index (χ2v) is 6.34. The van der Waals surface area contributed by atoms with Crippen LogP contribution in [0.25, 0.3) is 12.2 Å². The topological polar surface area (TPSA) is 20.3 Å². The maximum absolute atomic E-state index is 13.0. The molecular formula is C19H19NO. The van der Waals surface area contributed by atoms with Crippen molar-refractivity contribution in [3.05, 3.63) is 59.7 Å². The molecule has 3 rings (SSSR count). The van der Waals surface area contributed by atoms with E-state index in [0.29, 0.717) is 0 Å². The van der Waals surface area contributed by atoms with Crippen LogP contribution in [-0.2, 0) is 4.79 Å². The van der Waals surface area contributed by atoms with Crippen molar-refractivity contribution in [2.75, 3.05) is 4.90 Å². The number of benzene rings is 2. The van der Waals surface area contributed by atoms with Crippen LogP contribution in [0.15, 0.2) is 48.5 Å². The van der Waals surface area contributed by atoms with Gasteiger partial charge in [-0.1, -0.05) is 69.3 Å². The molecule has 0 unspecified atom stereocenters. The molecule has 0 spiro atoms. The number of amides is 1. The standard InChI is InChI=1S/C19H19NO/c1-19(2,3)18(21)20-16-10-6-4-8-14(16)12-13-15-9-5-7-11-17(15)20/h4-13H,1-3H3. The van der Waals surface area contributed by atoms with Gasteiger partial charge in [-0.3, -0.25) is 9.69 Å². The van der Waals surface area contributed by atoms with Crippen molar-refractivity contribution in [3.63, 3.8) is 0 Å². The number of carbonyl (C=O) groups is 1. The Morgan fingerprint density at radius 1 is 0.810 bits per heavy atom. The summed E-state index contributed by atoms with van der Waals surface area (Å²) in [5.74, 6) is 0.103. The van der Waals surface area contributed by atoms with Crippen molar-refractivity contribution in [1.29, 1.82) is 0 Å². The number of hydrogen-bond acceptors (Lipinski definition) is 1. The second kappa shape index (κ2) is 4.88. The summed E-state index contributed by atoms with van der Waals surface area (Å²) >= 11 is 0. The zero-order valence-electron chi connectivity index (χ0n) is 12.6. The molecule has 0 bridgehead atoms. The molecule has 2 nitrogen and oxygen atoms in total. The van der Waals surface area contributed by atoms with Gasteiger partial charge in [0, 0.05) is 5.41 Å². The summed E-state index contributed by atoms with van der Waals surface area (Å²) in [5, 5.41) is 0. The quantitative estimate of drug-likeness (QED) is 0.672. The average molecular weight is 277 g/mol. The molecule has 0 fully saturated rings. The molecular weight excluding hydrogens is 258 g/mol. The molecule has 0 saturated heterocycles. The van der Waals surface area contributed by atoms with E-state index in [9.17, 15) is 4.79 Å². The van der Waals surface area contributed by atoms with Crippen LogP contribution in [0.2, 0.25) is 0 Å². The number of carbonyl (C=O) groups excluding carboxylic acids is 1. The lowest BCUT2D eigenvalue weighted by atomic mass is 9.93. The minimum absolute atomic E-state index is 0.103. The van der Waals surface area contributed by atoms with Gasteiger partial charge < -0.3 is 0 Å². The number of fused-ring (bicyclic) bond motifs is 2. The average Bonchev–Trinajstić information content (AvgIpc) is 2.62. The summed E-state index contributed by atoms with van der Waals surface area (Å²) in [6.45, 7) is 5.87. The van der Waals surface area contributed by atoms with E-state index in [1.165, 1.54) is 0 Å². The molecule has 106 valence electrons. The van der Waals surface area contributed by atoms with Crippen molar-refractivity contribution in [1.82, 2.24) is 0 Å². The lowest BCUT2D eigenvalue weighted by Crippen LogP contribution is -2.36. The van der Waals surface area contributed by atoms with Gasteiger partial charge in [0.2, 0.25) is 5.91 Å². The van der Waals surface area contributed by atoms with Gasteiger partial charge in [0.1, 0.15) is 0 Å². The molecule has 0 aromatic heterocycles. The molecule has 0 aliphatic carbocycles. The third kappa shape index (κ3) is 2.38. The van der Waals surface area contributed by atoms with Gasteiger partial charge in [0.05, 0.1) is 11.4 Å². The highest BCUT2D eigenvalue weighted by Gasteiger charge is 2.31. The summed E-state index contributed by atoms with van der Waals surface area (Å²) < 4.78 is 0. The smallest absolute Gasteiger partial charge is 0.236 e. The Morgan fingerprint density at radius 2 is 1.24 bits per heavy atom. The number of nitrogens with zero attached hydrogens (tertiary/aromatic N) is 1. The van der Waals surface area contributed by atoms with Crippen molar-refractivity contribution >= 4 is 29.4 Å². The normalized spacial score (nSPS) is 13.4. The molecule has 1 heterocycles. The van der Waals surface area contributed by atoms with Gasteiger partial charge in [0.25, 0.3) is 0 Å². The summed E-state index contributed by atoms with van der Waals surface area (Å²) in [6, 6.07) is 16.0. The first kappa shape index (κ1) is 13.6. The van der Waals surface area contributed by atoms with Crippen LogP contribution in [-0.4, -0.2) is 5.91 Å². The van der Waals surface area contributed by atoms with Crippen LogP contribution in [0.4, 0.5) is 11.4 Å². The Hall–Kier alpha value is -2.35. The predicted molar refractivity (Wildman–Crippen MR) is 88.4 cm³/mol. The van der Waals surface area contributed by atoms with Gasteiger partial charge in [-0.25, -0.2) is 0 Å². The highest BCUT2D eigenvalue weighted by Crippen LogP contribution is 2.38. The van der Waals surface area contributed by atoms with Gasteiger partial charge >= 0.3 is 0 Å². The van der Waals surface area contributed by atoms with E-state index in [0.717, 1.165) is 22.5 Å². The number of hydrogen-bond donors (Lipinski definition) is 0. The number of anilines is 2. The SMILES string of the molecule is CC(C)(C)C(=O)N1c2ccccc2C=Cc2ccccc21. The fraction of sp³-hybridized carbons (Fsp3) is 0.211. The Balaban J connectivity index is 2.27. The molecule has 1 aliphatic heterocycles. The summed E-state index contributed by atoms with van der Waals surface area (Å²) in [6.07, 6.45) is 4.15. The van der Waals surface area contributed by atoms with Crippen LogP contribution in [0.3, 0.4) is 0 Å². The van der Waals surface area contributed by atoms with E-state index in [1.807, 2.05) is 74.2 Å². The van der Waals surface area contributed by atoms with E-state index < -0.39 is 5.41 Å². The van der Waals surface area contributed by atoms with Gasteiger partial charge in [-0.2, -0.15) is 0 Å². The Morgan fingerprint density at radius 3 is 1.67 bits per heavy atom. The molecule has 2 aromatic rings. The van der Waals surface area contributed by atoms with Crippen LogP contribution in [0.1, 0.15) is 31.9 Å². The van der Waals surface area contributed by atoms with E-state index in [4.69, 9.17) is 0 Å². The first-order chi connectivity index (χ1) is 9.98. The van der Waals surface area contributed by atoms with Crippen molar-refractivity contribution in [2.45, 2.75) is 20.8 Å². The third-order valence-corrected chi connectivity index (χ3v) is 3.64. The molecule has 0 saturated carbocycles. The van der Waals surface area contributed by atoms with Crippen molar-refractivity contribution < 1.29 is 4.79 Å². The number of para-hydroxylation sites is 2.